The zero-order valence-electron chi connectivity index (χ0n) is 15.2. The molecule has 1 aromatic rings. The number of methoxy groups -OCH3 is 1. The average Bonchev–Trinajstić information content (AvgIpc) is 2.63. The molecule has 1 saturated heterocycles. The first-order valence-electron chi connectivity index (χ1n) is 8.97. The highest BCUT2D eigenvalue weighted by atomic mass is 16.5. The first-order valence-corrected chi connectivity index (χ1v) is 8.97. The summed E-state index contributed by atoms with van der Waals surface area (Å²) < 4.78 is 4.95. The molecule has 2 N–H and O–H groups in total. The van der Waals surface area contributed by atoms with Crippen molar-refractivity contribution in [3.8, 4) is 0 Å². The van der Waals surface area contributed by atoms with Gasteiger partial charge in [-0.05, 0) is 31.7 Å². The zero-order valence-corrected chi connectivity index (χ0v) is 15.2. The largest absolute Gasteiger partial charge is 0.383 e. The molecule has 0 spiro atoms. The van der Waals surface area contributed by atoms with Crippen molar-refractivity contribution < 1.29 is 14.3 Å². The molecule has 3 amide bonds. The normalized spacial score (nSPS) is 20.2. The lowest BCUT2D eigenvalue weighted by Gasteiger charge is -2.37. The number of hydrogen-bond donors (Lipinski definition) is 2. The molecule has 0 radical (unpaired) electrons. The van der Waals surface area contributed by atoms with Gasteiger partial charge in [0.15, 0.2) is 0 Å². The van der Waals surface area contributed by atoms with Gasteiger partial charge in [-0.15, -0.1) is 0 Å². The Bertz CT molecular complexity index is 550. The third-order valence-electron chi connectivity index (χ3n) is 4.65. The van der Waals surface area contributed by atoms with Crippen LogP contribution >= 0.6 is 0 Å². The van der Waals surface area contributed by atoms with Crippen molar-refractivity contribution in [1.82, 2.24) is 15.5 Å². The molecular formula is C19H29N3O3. The SMILES string of the molecule is COCCNC(=O)[C@@H]1CC[C@@H](C)N(C(=O)NCCc2ccccc2)C1. The number of rotatable bonds is 7. The fraction of sp³-hybridized carbons (Fsp3) is 0.579. The van der Waals surface area contributed by atoms with Crippen LogP contribution in [0.1, 0.15) is 25.3 Å². The number of nitrogens with zero attached hydrogens (tertiary/aromatic N) is 1. The van der Waals surface area contributed by atoms with Gasteiger partial charge >= 0.3 is 6.03 Å². The van der Waals surface area contributed by atoms with Crippen LogP contribution in [0.25, 0.3) is 0 Å². The van der Waals surface area contributed by atoms with Gasteiger partial charge in [-0.1, -0.05) is 30.3 Å². The molecule has 1 aromatic carbocycles. The highest BCUT2D eigenvalue weighted by molar-refractivity contribution is 5.81. The molecule has 6 heteroatoms. The third-order valence-corrected chi connectivity index (χ3v) is 4.65. The van der Waals surface area contributed by atoms with Gasteiger partial charge in [0.25, 0.3) is 0 Å². The summed E-state index contributed by atoms with van der Waals surface area (Å²) >= 11 is 0. The van der Waals surface area contributed by atoms with Gasteiger partial charge in [0.1, 0.15) is 0 Å². The van der Waals surface area contributed by atoms with Crippen LogP contribution in [0, 0.1) is 5.92 Å². The summed E-state index contributed by atoms with van der Waals surface area (Å²) in [6.45, 7) is 4.10. The van der Waals surface area contributed by atoms with Gasteiger partial charge in [-0.25, -0.2) is 4.79 Å². The molecule has 1 heterocycles. The van der Waals surface area contributed by atoms with E-state index >= 15 is 0 Å². The lowest BCUT2D eigenvalue weighted by Crippen LogP contribution is -2.53. The molecule has 6 nitrogen and oxygen atoms in total. The van der Waals surface area contributed by atoms with Crippen molar-refractivity contribution in [3.05, 3.63) is 35.9 Å². The van der Waals surface area contributed by atoms with E-state index in [1.807, 2.05) is 25.1 Å². The Morgan fingerprint density at radius 3 is 2.64 bits per heavy atom. The maximum Gasteiger partial charge on any atom is 0.317 e. The number of amides is 3. The summed E-state index contributed by atoms with van der Waals surface area (Å²) in [6.07, 6.45) is 2.46. The van der Waals surface area contributed by atoms with Gasteiger partial charge in [0.2, 0.25) is 5.91 Å². The topological polar surface area (TPSA) is 70.7 Å². The van der Waals surface area contributed by atoms with E-state index < -0.39 is 0 Å². The van der Waals surface area contributed by atoms with Gasteiger partial charge in [-0.2, -0.15) is 0 Å². The van der Waals surface area contributed by atoms with Gasteiger partial charge in [0, 0.05) is 32.8 Å². The molecule has 0 unspecified atom stereocenters. The Labute approximate surface area is 149 Å². The smallest absolute Gasteiger partial charge is 0.317 e. The van der Waals surface area contributed by atoms with Crippen molar-refractivity contribution in [2.45, 2.75) is 32.2 Å². The molecule has 2 rings (SSSR count). The van der Waals surface area contributed by atoms with Gasteiger partial charge in [0.05, 0.1) is 12.5 Å². The van der Waals surface area contributed by atoms with Crippen molar-refractivity contribution >= 4 is 11.9 Å². The van der Waals surface area contributed by atoms with Crippen LogP contribution in [0.4, 0.5) is 4.79 Å². The minimum atomic E-state index is -0.145. The maximum atomic E-state index is 12.5. The van der Waals surface area contributed by atoms with E-state index in [1.165, 1.54) is 5.56 Å². The van der Waals surface area contributed by atoms with Crippen molar-refractivity contribution in [1.29, 1.82) is 0 Å². The molecule has 1 aliphatic rings. The lowest BCUT2D eigenvalue weighted by molar-refractivity contribution is -0.126. The Balaban J connectivity index is 1.79. The third kappa shape index (κ3) is 6.05. The second kappa shape index (κ2) is 10.0. The minimum absolute atomic E-state index is 0.00559. The molecule has 2 atom stereocenters. The molecular weight excluding hydrogens is 318 g/mol. The van der Waals surface area contributed by atoms with Crippen LogP contribution in [0.5, 0.6) is 0 Å². The van der Waals surface area contributed by atoms with Crippen LogP contribution in [0.3, 0.4) is 0 Å². The molecule has 1 aliphatic heterocycles. The summed E-state index contributed by atoms with van der Waals surface area (Å²) in [5, 5.41) is 5.85. The summed E-state index contributed by atoms with van der Waals surface area (Å²) in [6, 6.07) is 10.1. The lowest BCUT2D eigenvalue weighted by atomic mass is 9.93. The second-order valence-electron chi connectivity index (χ2n) is 6.53. The number of benzene rings is 1. The van der Waals surface area contributed by atoms with E-state index in [9.17, 15) is 9.59 Å². The predicted molar refractivity (Wildman–Crippen MR) is 97.3 cm³/mol. The highest BCUT2D eigenvalue weighted by Gasteiger charge is 2.32. The quantitative estimate of drug-likeness (QED) is 0.739. The van der Waals surface area contributed by atoms with E-state index in [1.54, 1.807) is 12.0 Å². The van der Waals surface area contributed by atoms with E-state index in [-0.39, 0.29) is 23.9 Å². The standard InChI is InChI=1S/C19H29N3O3/c1-15-8-9-17(18(23)20-12-13-25-2)14-22(15)19(24)21-11-10-16-6-4-3-5-7-16/h3-7,15,17H,8-14H2,1-2H3,(H,20,23)(H,21,24)/t15-,17-/m1/s1. The minimum Gasteiger partial charge on any atom is -0.383 e. The monoisotopic (exact) mass is 347 g/mol. The van der Waals surface area contributed by atoms with Crippen LogP contribution < -0.4 is 10.6 Å². The number of carbonyl (C=O) groups excluding carboxylic acids is 2. The van der Waals surface area contributed by atoms with E-state index in [2.05, 4.69) is 22.8 Å². The van der Waals surface area contributed by atoms with Crippen molar-refractivity contribution in [3.63, 3.8) is 0 Å². The summed E-state index contributed by atoms with van der Waals surface area (Å²) in [5.74, 6) is -0.140. The number of likely N-dealkylation sites (tertiary alicyclic amines) is 1. The van der Waals surface area contributed by atoms with E-state index in [0.717, 1.165) is 19.3 Å². The number of nitrogens with one attached hydrogen (secondary N) is 2. The first-order chi connectivity index (χ1) is 12.1. The molecule has 0 aromatic heterocycles. The average molecular weight is 347 g/mol. The molecule has 0 aliphatic carbocycles. The number of piperidine rings is 1. The predicted octanol–water partition coefficient (Wildman–Crippen LogP) is 1.80. The molecule has 1 fully saturated rings. The summed E-state index contributed by atoms with van der Waals surface area (Å²) in [5.41, 5.74) is 1.20. The van der Waals surface area contributed by atoms with Crippen LogP contribution in [-0.4, -0.2) is 56.2 Å². The van der Waals surface area contributed by atoms with Crippen molar-refractivity contribution in [2.75, 3.05) is 33.4 Å². The van der Waals surface area contributed by atoms with Gasteiger partial charge in [-0.3, -0.25) is 4.79 Å². The van der Waals surface area contributed by atoms with E-state index in [0.29, 0.717) is 26.2 Å². The summed E-state index contributed by atoms with van der Waals surface area (Å²) in [4.78, 5) is 26.5. The van der Waals surface area contributed by atoms with Crippen LogP contribution in [-0.2, 0) is 16.0 Å². The zero-order chi connectivity index (χ0) is 18.1. The molecule has 0 saturated carbocycles. The number of hydrogen-bond acceptors (Lipinski definition) is 3. The number of carbonyl (C=O) groups is 2. The van der Waals surface area contributed by atoms with Crippen molar-refractivity contribution in [2.24, 2.45) is 5.92 Å². The van der Waals surface area contributed by atoms with Crippen LogP contribution in [0.15, 0.2) is 30.3 Å². The van der Waals surface area contributed by atoms with Gasteiger partial charge < -0.3 is 20.3 Å². The summed E-state index contributed by atoms with van der Waals surface area (Å²) in [7, 11) is 1.61. The first kappa shape index (κ1) is 19.2. The fourth-order valence-electron chi connectivity index (χ4n) is 3.08. The molecule has 138 valence electrons. The molecule has 0 bridgehead atoms. The van der Waals surface area contributed by atoms with Crippen LogP contribution in [0.2, 0.25) is 0 Å². The highest BCUT2D eigenvalue weighted by Crippen LogP contribution is 2.22. The Hall–Kier alpha value is -2.08. The number of urea groups is 1. The second-order valence-corrected chi connectivity index (χ2v) is 6.53. The maximum absolute atomic E-state index is 12.5. The Morgan fingerprint density at radius 1 is 1.16 bits per heavy atom. The number of ether oxygens (including phenoxy) is 1. The van der Waals surface area contributed by atoms with E-state index in [4.69, 9.17) is 4.74 Å². The Kier molecular flexibility index (Phi) is 7.73. The Morgan fingerprint density at radius 2 is 1.92 bits per heavy atom. The fourth-order valence-corrected chi connectivity index (χ4v) is 3.08. The molecule has 25 heavy (non-hydrogen) atoms.